The summed E-state index contributed by atoms with van der Waals surface area (Å²) in [7, 11) is 0. The maximum atomic E-state index is 12.3. The topological polar surface area (TPSA) is 71.8 Å². The van der Waals surface area contributed by atoms with Crippen LogP contribution < -0.4 is 10.6 Å². The van der Waals surface area contributed by atoms with E-state index in [9.17, 15) is 4.79 Å². The predicted molar refractivity (Wildman–Crippen MR) is 105 cm³/mol. The molecule has 1 aromatic carbocycles. The zero-order valence-electron chi connectivity index (χ0n) is 14.9. The minimum absolute atomic E-state index is 0.182. The van der Waals surface area contributed by atoms with Crippen LogP contribution in [0.2, 0.25) is 0 Å². The van der Waals surface area contributed by atoms with E-state index in [2.05, 4.69) is 20.7 Å². The molecule has 0 radical (unpaired) electrons. The third kappa shape index (κ3) is 4.05. The van der Waals surface area contributed by atoms with Crippen LogP contribution in [0.1, 0.15) is 24.2 Å². The van der Waals surface area contributed by atoms with Gasteiger partial charge in [-0.2, -0.15) is 5.10 Å². The molecular formula is C19H21N5OS. The molecule has 6 nitrogen and oxygen atoms in total. The van der Waals surface area contributed by atoms with Crippen molar-refractivity contribution in [1.29, 1.82) is 0 Å². The second kappa shape index (κ2) is 8.05. The SMILES string of the molecule is CSc1ccc(NC(=O)N[C@@H](C)c2cnn(-c3ccccn3)c2C)cc1. The molecule has 2 amide bonds. The second-order valence-electron chi connectivity index (χ2n) is 5.83. The highest BCUT2D eigenvalue weighted by atomic mass is 32.2. The Labute approximate surface area is 157 Å². The van der Waals surface area contributed by atoms with E-state index < -0.39 is 0 Å². The van der Waals surface area contributed by atoms with Crippen molar-refractivity contribution in [3.05, 3.63) is 66.1 Å². The van der Waals surface area contributed by atoms with Crippen molar-refractivity contribution in [2.75, 3.05) is 11.6 Å². The van der Waals surface area contributed by atoms with Crippen molar-refractivity contribution >= 4 is 23.5 Å². The molecule has 1 atom stereocenters. The van der Waals surface area contributed by atoms with E-state index in [1.54, 1.807) is 28.8 Å². The zero-order chi connectivity index (χ0) is 18.5. The maximum absolute atomic E-state index is 12.3. The number of hydrogen-bond acceptors (Lipinski definition) is 4. The highest BCUT2D eigenvalue weighted by Gasteiger charge is 2.16. The monoisotopic (exact) mass is 367 g/mol. The van der Waals surface area contributed by atoms with Crippen LogP contribution in [0.3, 0.4) is 0 Å². The number of nitrogens with one attached hydrogen (secondary N) is 2. The van der Waals surface area contributed by atoms with Crippen LogP contribution in [0.5, 0.6) is 0 Å². The number of nitrogens with zero attached hydrogens (tertiary/aromatic N) is 3. The number of hydrogen-bond donors (Lipinski definition) is 2. The largest absolute Gasteiger partial charge is 0.331 e. The number of carbonyl (C=O) groups excluding carboxylic acids is 1. The molecule has 3 aromatic rings. The van der Waals surface area contributed by atoms with Gasteiger partial charge in [0, 0.05) is 28.0 Å². The quantitative estimate of drug-likeness (QED) is 0.664. The van der Waals surface area contributed by atoms with Gasteiger partial charge in [-0.25, -0.2) is 14.5 Å². The molecule has 0 aliphatic carbocycles. The van der Waals surface area contributed by atoms with Crippen molar-refractivity contribution in [3.8, 4) is 5.82 Å². The summed E-state index contributed by atoms with van der Waals surface area (Å²) in [6, 6.07) is 13.0. The van der Waals surface area contributed by atoms with E-state index >= 15 is 0 Å². The van der Waals surface area contributed by atoms with Gasteiger partial charge in [-0.15, -0.1) is 11.8 Å². The van der Waals surface area contributed by atoms with Crippen LogP contribution in [-0.2, 0) is 0 Å². The Morgan fingerprint density at radius 3 is 2.62 bits per heavy atom. The summed E-state index contributed by atoms with van der Waals surface area (Å²) in [5, 5.41) is 10.2. The molecular weight excluding hydrogens is 346 g/mol. The summed E-state index contributed by atoms with van der Waals surface area (Å²) in [4.78, 5) is 17.7. The first-order chi connectivity index (χ1) is 12.6. The highest BCUT2D eigenvalue weighted by molar-refractivity contribution is 7.98. The van der Waals surface area contributed by atoms with Crippen molar-refractivity contribution in [2.24, 2.45) is 0 Å². The van der Waals surface area contributed by atoms with Gasteiger partial charge in [0.05, 0.1) is 12.2 Å². The Morgan fingerprint density at radius 1 is 1.19 bits per heavy atom. The van der Waals surface area contributed by atoms with Crippen LogP contribution in [0.25, 0.3) is 5.82 Å². The first kappa shape index (κ1) is 18.0. The summed E-state index contributed by atoms with van der Waals surface area (Å²) in [5.74, 6) is 0.752. The molecule has 2 aromatic heterocycles. The molecule has 0 fully saturated rings. The molecule has 2 heterocycles. The summed E-state index contributed by atoms with van der Waals surface area (Å²) in [6.07, 6.45) is 5.51. The van der Waals surface area contributed by atoms with Gasteiger partial charge in [-0.1, -0.05) is 6.07 Å². The van der Waals surface area contributed by atoms with Gasteiger partial charge in [0.1, 0.15) is 0 Å². The fourth-order valence-electron chi connectivity index (χ4n) is 2.67. The minimum atomic E-state index is -0.251. The van der Waals surface area contributed by atoms with Gasteiger partial charge >= 0.3 is 6.03 Å². The number of aromatic nitrogens is 3. The Morgan fingerprint density at radius 2 is 1.96 bits per heavy atom. The fraction of sp³-hybridized carbons (Fsp3) is 0.211. The summed E-state index contributed by atoms with van der Waals surface area (Å²) >= 11 is 1.66. The van der Waals surface area contributed by atoms with Gasteiger partial charge in [0.2, 0.25) is 0 Å². The van der Waals surface area contributed by atoms with Gasteiger partial charge in [0.15, 0.2) is 5.82 Å². The normalized spacial score (nSPS) is 11.8. The molecule has 2 N–H and O–H groups in total. The Bertz CT molecular complexity index is 877. The third-order valence-electron chi connectivity index (χ3n) is 4.08. The van der Waals surface area contributed by atoms with E-state index in [0.717, 1.165) is 27.7 Å². The maximum Gasteiger partial charge on any atom is 0.319 e. The molecule has 0 aliphatic heterocycles. The van der Waals surface area contributed by atoms with E-state index in [-0.39, 0.29) is 12.1 Å². The average Bonchev–Trinajstić information content (AvgIpc) is 3.04. The molecule has 0 spiro atoms. The smallest absolute Gasteiger partial charge is 0.319 e. The van der Waals surface area contributed by atoms with Gasteiger partial charge < -0.3 is 10.6 Å². The van der Waals surface area contributed by atoms with Crippen LogP contribution in [0, 0.1) is 6.92 Å². The molecule has 0 saturated heterocycles. The zero-order valence-corrected chi connectivity index (χ0v) is 15.7. The van der Waals surface area contributed by atoms with Crippen molar-refractivity contribution in [1.82, 2.24) is 20.1 Å². The number of rotatable bonds is 5. The minimum Gasteiger partial charge on any atom is -0.331 e. The standard InChI is InChI=1S/C19H21N5OS/c1-13(22-19(25)23-15-7-9-16(26-3)10-8-15)17-12-21-24(14(17)2)18-6-4-5-11-20-18/h4-13H,1-3H3,(H2,22,23,25)/t13-/m0/s1. The lowest BCUT2D eigenvalue weighted by molar-refractivity contribution is 0.249. The van der Waals surface area contributed by atoms with E-state index in [1.165, 1.54) is 0 Å². The molecule has 7 heteroatoms. The number of urea groups is 1. The predicted octanol–water partition coefficient (Wildman–Crippen LogP) is 4.18. The number of thioether (sulfide) groups is 1. The number of carbonyl (C=O) groups is 1. The van der Waals surface area contributed by atoms with Crippen LogP contribution in [0.4, 0.5) is 10.5 Å². The third-order valence-corrected chi connectivity index (χ3v) is 4.82. The first-order valence-corrected chi connectivity index (χ1v) is 9.48. The fourth-order valence-corrected chi connectivity index (χ4v) is 3.08. The van der Waals surface area contributed by atoms with Crippen molar-refractivity contribution < 1.29 is 4.79 Å². The highest BCUT2D eigenvalue weighted by Crippen LogP contribution is 2.20. The molecule has 0 aliphatic rings. The van der Waals surface area contributed by atoms with Crippen molar-refractivity contribution in [3.63, 3.8) is 0 Å². The molecule has 0 bridgehead atoms. The summed E-state index contributed by atoms with van der Waals surface area (Å²) in [5.41, 5.74) is 2.65. The molecule has 0 saturated carbocycles. The lowest BCUT2D eigenvalue weighted by atomic mass is 10.1. The number of benzene rings is 1. The van der Waals surface area contributed by atoms with Crippen molar-refractivity contribution in [2.45, 2.75) is 24.8 Å². The van der Waals surface area contributed by atoms with Gasteiger partial charge in [-0.05, 0) is 56.5 Å². The molecule has 134 valence electrons. The molecule has 3 rings (SSSR count). The van der Waals surface area contributed by atoms with Gasteiger partial charge in [0.25, 0.3) is 0 Å². The van der Waals surface area contributed by atoms with Crippen LogP contribution >= 0.6 is 11.8 Å². The van der Waals surface area contributed by atoms with Crippen LogP contribution in [0.15, 0.2) is 59.8 Å². The Balaban J connectivity index is 1.67. The lowest BCUT2D eigenvalue weighted by Crippen LogP contribution is -2.31. The molecule has 26 heavy (non-hydrogen) atoms. The summed E-state index contributed by atoms with van der Waals surface area (Å²) < 4.78 is 1.77. The first-order valence-electron chi connectivity index (χ1n) is 8.26. The number of pyridine rings is 1. The molecule has 0 unspecified atom stereocenters. The summed E-state index contributed by atoms with van der Waals surface area (Å²) in [6.45, 7) is 3.90. The van der Waals surface area contributed by atoms with E-state index in [0.29, 0.717) is 0 Å². The number of amides is 2. The average molecular weight is 367 g/mol. The van der Waals surface area contributed by atoms with Crippen LogP contribution in [-0.4, -0.2) is 27.1 Å². The van der Waals surface area contributed by atoms with E-state index in [4.69, 9.17) is 0 Å². The van der Waals surface area contributed by atoms with E-state index in [1.807, 2.05) is 62.6 Å². The van der Waals surface area contributed by atoms with Gasteiger partial charge in [-0.3, -0.25) is 0 Å². The second-order valence-corrected chi connectivity index (χ2v) is 6.71. The lowest BCUT2D eigenvalue weighted by Gasteiger charge is -2.15. The Kier molecular flexibility index (Phi) is 5.58. The Hall–Kier alpha value is -2.80. The number of anilines is 1.